The third kappa shape index (κ3) is 8.18. The Morgan fingerprint density at radius 1 is 1.15 bits per heavy atom. The average Bonchev–Trinajstić information content (AvgIpc) is 2.41. The fourth-order valence-electron chi connectivity index (χ4n) is 2.32. The summed E-state index contributed by atoms with van der Waals surface area (Å²) in [5.74, 6) is 2.71. The zero-order valence-corrected chi connectivity index (χ0v) is 14.6. The summed E-state index contributed by atoms with van der Waals surface area (Å²) in [6.45, 7) is 6.75. The van der Waals surface area contributed by atoms with Gasteiger partial charge in [0.05, 0.1) is 0 Å². The Balaban J connectivity index is 2.45. The second kappa shape index (κ2) is 10.5. The van der Waals surface area contributed by atoms with E-state index in [2.05, 4.69) is 37.6 Å². The van der Waals surface area contributed by atoms with E-state index >= 15 is 0 Å². The van der Waals surface area contributed by atoms with Crippen LogP contribution in [0.25, 0.3) is 0 Å². The molecule has 0 spiro atoms. The Morgan fingerprint density at radius 2 is 1.85 bits per heavy atom. The summed E-state index contributed by atoms with van der Waals surface area (Å²) in [5.41, 5.74) is 1.40. The summed E-state index contributed by atoms with van der Waals surface area (Å²) in [6, 6.07) is 8.31. The zero-order chi connectivity index (χ0) is 14.8. The van der Waals surface area contributed by atoms with Crippen molar-refractivity contribution >= 4 is 23.4 Å². The van der Waals surface area contributed by atoms with Crippen LogP contribution in [0, 0.1) is 11.8 Å². The Labute approximate surface area is 133 Å². The Kier molecular flexibility index (Phi) is 9.41. The van der Waals surface area contributed by atoms with E-state index in [1.54, 1.807) is 0 Å². The van der Waals surface area contributed by atoms with Crippen LogP contribution in [0.2, 0.25) is 5.02 Å². The number of rotatable bonds is 10. The van der Waals surface area contributed by atoms with Gasteiger partial charge in [0.15, 0.2) is 0 Å². The fourth-order valence-corrected chi connectivity index (χ4v) is 2.90. The maximum atomic E-state index is 5.95. The molecule has 20 heavy (non-hydrogen) atoms. The van der Waals surface area contributed by atoms with Gasteiger partial charge in [-0.2, -0.15) is 11.8 Å². The number of halogens is 1. The molecule has 0 amide bonds. The van der Waals surface area contributed by atoms with Crippen LogP contribution < -0.4 is 5.32 Å². The number of nitrogens with one attached hydrogen (secondary N) is 1. The molecule has 0 aliphatic rings. The largest absolute Gasteiger partial charge is 0.316 e. The number of hydrogen-bond donors (Lipinski definition) is 1. The van der Waals surface area contributed by atoms with Gasteiger partial charge in [-0.3, -0.25) is 0 Å². The van der Waals surface area contributed by atoms with Gasteiger partial charge in [0, 0.05) is 5.02 Å². The first-order valence-corrected chi connectivity index (χ1v) is 9.33. The molecule has 0 aromatic heterocycles. The molecule has 1 atom stereocenters. The van der Waals surface area contributed by atoms with Crippen molar-refractivity contribution < 1.29 is 0 Å². The van der Waals surface area contributed by atoms with E-state index in [0.717, 1.165) is 36.4 Å². The second-order valence-electron chi connectivity index (χ2n) is 5.88. The lowest BCUT2D eigenvalue weighted by Crippen LogP contribution is -2.27. The summed E-state index contributed by atoms with van der Waals surface area (Å²) >= 11 is 7.90. The summed E-state index contributed by atoms with van der Waals surface area (Å²) in [6.07, 6.45) is 5.94. The van der Waals surface area contributed by atoms with Gasteiger partial charge in [-0.25, -0.2) is 0 Å². The smallest absolute Gasteiger partial charge is 0.0406 e. The van der Waals surface area contributed by atoms with E-state index in [1.807, 2.05) is 23.9 Å². The van der Waals surface area contributed by atoms with E-state index < -0.39 is 0 Å². The zero-order valence-electron chi connectivity index (χ0n) is 13.0. The summed E-state index contributed by atoms with van der Waals surface area (Å²) in [4.78, 5) is 0. The van der Waals surface area contributed by atoms with Gasteiger partial charge in [0.2, 0.25) is 0 Å². The average molecular weight is 314 g/mol. The lowest BCUT2D eigenvalue weighted by molar-refractivity contribution is 0.422. The standard InChI is InChI=1S/C17H28ClNS/c1-14(2)12-19-13-16(5-4-10-20-3)11-15-6-8-17(18)9-7-15/h6-9,14,16,19H,4-5,10-13H2,1-3H3. The molecule has 1 nitrogen and oxygen atoms in total. The van der Waals surface area contributed by atoms with Gasteiger partial charge in [0.1, 0.15) is 0 Å². The highest BCUT2D eigenvalue weighted by Gasteiger charge is 2.10. The third-order valence-electron chi connectivity index (χ3n) is 3.38. The minimum absolute atomic E-state index is 0.720. The quantitative estimate of drug-likeness (QED) is 0.617. The number of thioether (sulfide) groups is 1. The van der Waals surface area contributed by atoms with Gasteiger partial charge in [-0.1, -0.05) is 37.6 Å². The van der Waals surface area contributed by atoms with Crippen LogP contribution in [-0.4, -0.2) is 25.1 Å². The molecule has 0 fully saturated rings. The van der Waals surface area contributed by atoms with Gasteiger partial charge in [-0.15, -0.1) is 0 Å². The molecule has 0 aliphatic heterocycles. The SMILES string of the molecule is CSCCCC(CNCC(C)C)Cc1ccc(Cl)cc1. The Hall–Kier alpha value is -0.180. The first-order valence-electron chi connectivity index (χ1n) is 7.56. The van der Waals surface area contributed by atoms with E-state index in [1.165, 1.54) is 24.2 Å². The highest BCUT2D eigenvalue weighted by atomic mass is 35.5. The Bertz CT molecular complexity index is 351. The van der Waals surface area contributed by atoms with Crippen LogP contribution in [0.15, 0.2) is 24.3 Å². The monoisotopic (exact) mass is 313 g/mol. The minimum atomic E-state index is 0.720. The van der Waals surface area contributed by atoms with Crippen molar-refractivity contribution in [1.82, 2.24) is 5.32 Å². The number of benzene rings is 1. The maximum absolute atomic E-state index is 5.95. The predicted octanol–water partition coefficient (Wildman–Crippen LogP) is 4.89. The summed E-state index contributed by atoms with van der Waals surface area (Å²) in [7, 11) is 0. The maximum Gasteiger partial charge on any atom is 0.0406 e. The van der Waals surface area contributed by atoms with E-state index in [0.29, 0.717) is 0 Å². The van der Waals surface area contributed by atoms with E-state index in [-0.39, 0.29) is 0 Å². The molecule has 0 heterocycles. The molecule has 0 saturated carbocycles. The van der Waals surface area contributed by atoms with Crippen LogP contribution >= 0.6 is 23.4 Å². The third-order valence-corrected chi connectivity index (χ3v) is 4.33. The normalized spacial score (nSPS) is 12.8. The molecular weight excluding hydrogens is 286 g/mol. The molecule has 1 aromatic carbocycles. The van der Waals surface area contributed by atoms with Crippen LogP contribution in [0.3, 0.4) is 0 Å². The molecule has 0 radical (unpaired) electrons. The lowest BCUT2D eigenvalue weighted by Gasteiger charge is -2.18. The first-order chi connectivity index (χ1) is 9.61. The molecule has 1 aromatic rings. The van der Waals surface area contributed by atoms with E-state index in [9.17, 15) is 0 Å². The molecule has 1 rings (SSSR count). The molecule has 0 saturated heterocycles. The molecule has 3 heteroatoms. The molecule has 1 unspecified atom stereocenters. The summed E-state index contributed by atoms with van der Waals surface area (Å²) in [5, 5.41) is 4.44. The van der Waals surface area contributed by atoms with Crippen LogP contribution in [-0.2, 0) is 6.42 Å². The van der Waals surface area contributed by atoms with Crippen molar-refractivity contribution in [2.75, 3.05) is 25.1 Å². The fraction of sp³-hybridized carbons (Fsp3) is 0.647. The van der Waals surface area contributed by atoms with Crippen molar-refractivity contribution in [1.29, 1.82) is 0 Å². The topological polar surface area (TPSA) is 12.0 Å². The van der Waals surface area contributed by atoms with Crippen LogP contribution in [0.5, 0.6) is 0 Å². The highest BCUT2D eigenvalue weighted by molar-refractivity contribution is 7.98. The number of hydrogen-bond acceptors (Lipinski definition) is 2. The van der Waals surface area contributed by atoms with Gasteiger partial charge in [-0.05, 0) is 73.9 Å². The van der Waals surface area contributed by atoms with Crippen molar-refractivity contribution in [2.24, 2.45) is 11.8 Å². The van der Waals surface area contributed by atoms with Crippen molar-refractivity contribution in [2.45, 2.75) is 33.1 Å². The molecule has 114 valence electrons. The predicted molar refractivity (Wildman–Crippen MR) is 94.0 cm³/mol. The minimum Gasteiger partial charge on any atom is -0.316 e. The van der Waals surface area contributed by atoms with Crippen LogP contribution in [0.4, 0.5) is 0 Å². The second-order valence-corrected chi connectivity index (χ2v) is 7.31. The van der Waals surface area contributed by atoms with Crippen LogP contribution in [0.1, 0.15) is 32.3 Å². The summed E-state index contributed by atoms with van der Waals surface area (Å²) < 4.78 is 0. The molecule has 0 bridgehead atoms. The van der Waals surface area contributed by atoms with Crippen molar-refractivity contribution in [3.8, 4) is 0 Å². The van der Waals surface area contributed by atoms with E-state index in [4.69, 9.17) is 11.6 Å². The van der Waals surface area contributed by atoms with Crippen molar-refractivity contribution in [3.05, 3.63) is 34.9 Å². The highest BCUT2D eigenvalue weighted by Crippen LogP contribution is 2.17. The van der Waals surface area contributed by atoms with Gasteiger partial charge >= 0.3 is 0 Å². The lowest BCUT2D eigenvalue weighted by atomic mass is 9.95. The Morgan fingerprint density at radius 3 is 2.45 bits per heavy atom. The molecular formula is C17H28ClNS. The van der Waals surface area contributed by atoms with Gasteiger partial charge < -0.3 is 5.32 Å². The molecule has 1 N–H and O–H groups in total. The molecule has 0 aliphatic carbocycles. The van der Waals surface area contributed by atoms with Gasteiger partial charge in [0.25, 0.3) is 0 Å². The van der Waals surface area contributed by atoms with Crippen molar-refractivity contribution in [3.63, 3.8) is 0 Å². The first kappa shape index (κ1) is 17.9.